The Morgan fingerprint density at radius 3 is 2.38 bits per heavy atom. The third-order valence-electron chi connectivity index (χ3n) is 5.17. The maximum atomic E-state index is 12.9. The van der Waals surface area contributed by atoms with Gasteiger partial charge in [-0.05, 0) is 48.7 Å². The molecule has 0 N–H and O–H groups in total. The largest absolute Gasteiger partial charge is 0.497 e. The molecular formula is C23H27NO5. The molecule has 1 unspecified atom stereocenters. The van der Waals surface area contributed by atoms with E-state index in [-0.39, 0.29) is 11.9 Å². The van der Waals surface area contributed by atoms with E-state index in [1.807, 2.05) is 35.2 Å². The molecule has 0 spiro atoms. The second kappa shape index (κ2) is 9.37. The Hall–Kier alpha value is -3.15. The van der Waals surface area contributed by atoms with E-state index in [1.54, 1.807) is 46.7 Å². The van der Waals surface area contributed by atoms with E-state index in [9.17, 15) is 4.79 Å². The van der Waals surface area contributed by atoms with E-state index in [2.05, 4.69) is 0 Å². The summed E-state index contributed by atoms with van der Waals surface area (Å²) in [5, 5.41) is 0. The standard InChI is InChI=1S/C23H27NO5/c1-26-18-10-7-16(21(15-18)28-3)9-12-23(25)24-13-5-6-19(24)17-8-11-20(27-2)22(14-17)29-4/h7-12,14-15,19H,5-6,13H2,1-4H3. The second-order valence-corrected chi connectivity index (χ2v) is 6.75. The lowest BCUT2D eigenvalue weighted by Crippen LogP contribution is -2.28. The normalized spacial score (nSPS) is 16.1. The van der Waals surface area contributed by atoms with Crippen LogP contribution in [0.25, 0.3) is 6.08 Å². The molecule has 1 aliphatic heterocycles. The quantitative estimate of drug-likeness (QED) is 0.659. The van der Waals surface area contributed by atoms with Gasteiger partial charge in [-0.3, -0.25) is 4.79 Å². The fourth-order valence-corrected chi connectivity index (χ4v) is 3.65. The summed E-state index contributed by atoms with van der Waals surface area (Å²) in [5.74, 6) is 2.69. The number of carbonyl (C=O) groups is 1. The molecule has 1 aliphatic rings. The van der Waals surface area contributed by atoms with Crippen LogP contribution in [0.3, 0.4) is 0 Å². The van der Waals surface area contributed by atoms with Crippen molar-refractivity contribution in [3.63, 3.8) is 0 Å². The minimum absolute atomic E-state index is 0.0183. The Labute approximate surface area is 171 Å². The number of rotatable bonds is 7. The van der Waals surface area contributed by atoms with Gasteiger partial charge in [0.1, 0.15) is 11.5 Å². The number of benzene rings is 2. The molecule has 1 saturated heterocycles. The number of nitrogens with zero attached hydrogens (tertiary/aromatic N) is 1. The Morgan fingerprint density at radius 2 is 1.69 bits per heavy atom. The molecule has 1 amide bonds. The van der Waals surface area contributed by atoms with Crippen molar-refractivity contribution >= 4 is 12.0 Å². The zero-order valence-corrected chi connectivity index (χ0v) is 17.3. The number of hydrogen-bond donors (Lipinski definition) is 0. The van der Waals surface area contributed by atoms with Crippen molar-refractivity contribution in [1.29, 1.82) is 0 Å². The first-order valence-corrected chi connectivity index (χ1v) is 9.54. The molecule has 1 atom stereocenters. The predicted molar refractivity (Wildman–Crippen MR) is 112 cm³/mol. The molecule has 2 aromatic rings. The molecule has 0 saturated carbocycles. The minimum Gasteiger partial charge on any atom is -0.497 e. The van der Waals surface area contributed by atoms with Gasteiger partial charge in [0.15, 0.2) is 11.5 Å². The van der Waals surface area contributed by atoms with Gasteiger partial charge in [-0.15, -0.1) is 0 Å². The lowest BCUT2D eigenvalue weighted by molar-refractivity contribution is -0.126. The predicted octanol–water partition coefficient (Wildman–Crippen LogP) is 4.10. The van der Waals surface area contributed by atoms with Gasteiger partial charge in [0.2, 0.25) is 5.91 Å². The van der Waals surface area contributed by atoms with E-state index >= 15 is 0 Å². The van der Waals surface area contributed by atoms with Gasteiger partial charge in [0.05, 0.1) is 34.5 Å². The Morgan fingerprint density at radius 1 is 0.931 bits per heavy atom. The van der Waals surface area contributed by atoms with Crippen molar-refractivity contribution in [3.8, 4) is 23.0 Å². The molecule has 154 valence electrons. The number of carbonyl (C=O) groups excluding carboxylic acids is 1. The molecule has 0 aromatic heterocycles. The summed E-state index contributed by atoms with van der Waals surface area (Å²) in [4.78, 5) is 14.8. The van der Waals surface area contributed by atoms with Crippen molar-refractivity contribution < 1.29 is 23.7 Å². The molecule has 1 heterocycles. The SMILES string of the molecule is COc1ccc(C=CC(=O)N2CCCC2c2ccc(OC)c(OC)c2)c(OC)c1. The van der Waals surface area contributed by atoms with Crippen LogP contribution in [0, 0.1) is 0 Å². The zero-order chi connectivity index (χ0) is 20.8. The van der Waals surface area contributed by atoms with Gasteiger partial charge in [-0.1, -0.05) is 6.07 Å². The summed E-state index contributed by atoms with van der Waals surface area (Å²) < 4.78 is 21.4. The van der Waals surface area contributed by atoms with Gasteiger partial charge in [0.25, 0.3) is 0 Å². The molecule has 3 rings (SSSR count). The van der Waals surface area contributed by atoms with Crippen LogP contribution >= 0.6 is 0 Å². The molecule has 0 radical (unpaired) electrons. The number of likely N-dealkylation sites (tertiary alicyclic amines) is 1. The molecular weight excluding hydrogens is 370 g/mol. The number of amides is 1. The zero-order valence-electron chi connectivity index (χ0n) is 17.3. The minimum atomic E-state index is -0.0276. The van der Waals surface area contributed by atoms with E-state index < -0.39 is 0 Å². The summed E-state index contributed by atoms with van der Waals surface area (Å²) in [5.41, 5.74) is 1.87. The highest BCUT2D eigenvalue weighted by Gasteiger charge is 2.29. The number of ether oxygens (including phenoxy) is 4. The molecule has 0 bridgehead atoms. The first kappa shape index (κ1) is 20.6. The maximum absolute atomic E-state index is 12.9. The van der Waals surface area contributed by atoms with Crippen LogP contribution in [0.2, 0.25) is 0 Å². The van der Waals surface area contributed by atoms with E-state index in [0.717, 1.165) is 30.5 Å². The van der Waals surface area contributed by atoms with Crippen LogP contribution in [0.5, 0.6) is 23.0 Å². The monoisotopic (exact) mass is 397 g/mol. The van der Waals surface area contributed by atoms with Crippen molar-refractivity contribution in [3.05, 3.63) is 53.6 Å². The fraction of sp³-hybridized carbons (Fsp3) is 0.348. The summed E-state index contributed by atoms with van der Waals surface area (Å²) in [6.07, 6.45) is 5.26. The molecule has 0 aliphatic carbocycles. The van der Waals surface area contributed by atoms with Gasteiger partial charge in [0, 0.05) is 24.3 Å². The highest BCUT2D eigenvalue weighted by atomic mass is 16.5. The lowest BCUT2D eigenvalue weighted by Gasteiger charge is -2.24. The van der Waals surface area contributed by atoms with Crippen molar-refractivity contribution in [1.82, 2.24) is 4.90 Å². The Balaban J connectivity index is 1.79. The van der Waals surface area contributed by atoms with Crippen LogP contribution < -0.4 is 18.9 Å². The van der Waals surface area contributed by atoms with E-state index in [4.69, 9.17) is 18.9 Å². The average Bonchev–Trinajstić information content (AvgIpc) is 3.26. The number of methoxy groups -OCH3 is 4. The average molecular weight is 397 g/mol. The third kappa shape index (κ3) is 4.47. The van der Waals surface area contributed by atoms with Crippen LogP contribution in [0.15, 0.2) is 42.5 Å². The molecule has 2 aromatic carbocycles. The van der Waals surface area contributed by atoms with Gasteiger partial charge in [-0.25, -0.2) is 0 Å². The molecule has 6 heteroatoms. The van der Waals surface area contributed by atoms with Gasteiger partial charge >= 0.3 is 0 Å². The van der Waals surface area contributed by atoms with E-state index in [1.165, 1.54) is 0 Å². The Bertz CT molecular complexity index is 893. The first-order valence-electron chi connectivity index (χ1n) is 9.54. The highest BCUT2D eigenvalue weighted by Crippen LogP contribution is 2.37. The van der Waals surface area contributed by atoms with Crippen molar-refractivity contribution in [2.75, 3.05) is 35.0 Å². The maximum Gasteiger partial charge on any atom is 0.247 e. The van der Waals surface area contributed by atoms with Gasteiger partial charge in [-0.2, -0.15) is 0 Å². The van der Waals surface area contributed by atoms with E-state index in [0.29, 0.717) is 23.0 Å². The van der Waals surface area contributed by atoms with Crippen LogP contribution in [0.4, 0.5) is 0 Å². The van der Waals surface area contributed by atoms with Crippen LogP contribution in [0.1, 0.15) is 30.0 Å². The topological polar surface area (TPSA) is 57.2 Å². The fourth-order valence-electron chi connectivity index (χ4n) is 3.65. The van der Waals surface area contributed by atoms with Crippen LogP contribution in [-0.4, -0.2) is 45.8 Å². The van der Waals surface area contributed by atoms with Crippen molar-refractivity contribution in [2.45, 2.75) is 18.9 Å². The summed E-state index contributed by atoms with van der Waals surface area (Å²) in [7, 11) is 6.43. The molecule has 1 fully saturated rings. The summed E-state index contributed by atoms with van der Waals surface area (Å²) >= 11 is 0. The van der Waals surface area contributed by atoms with Gasteiger partial charge < -0.3 is 23.8 Å². The second-order valence-electron chi connectivity index (χ2n) is 6.75. The molecule has 6 nitrogen and oxygen atoms in total. The molecule has 29 heavy (non-hydrogen) atoms. The number of hydrogen-bond acceptors (Lipinski definition) is 5. The summed E-state index contributed by atoms with van der Waals surface area (Å²) in [6.45, 7) is 0.724. The first-order chi connectivity index (χ1) is 14.1. The summed E-state index contributed by atoms with van der Waals surface area (Å²) in [6, 6.07) is 11.4. The smallest absolute Gasteiger partial charge is 0.247 e. The lowest BCUT2D eigenvalue weighted by atomic mass is 10.0. The van der Waals surface area contributed by atoms with Crippen molar-refractivity contribution in [2.24, 2.45) is 0 Å². The third-order valence-corrected chi connectivity index (χ3v) is 5.17. The highest BCUT2D eigenvalue weighted by molar-refractivity contribution is 5.92. The Kier molecular flexibility index (Phi) is 6.65. The van der Waals surface area contributed by atoms with Crippen LogP contribution in [-0.2, 0) is 4.79 Å².